The second-order valence-electron chi connectivity index (χ2n) is 14.6. The second kappa shape index (κ2) is 20.4. The minimum atomic E-state index is -0.0410. The summed E-state index contributed by atoms with van der Waals surface area (Å²) in [6, 6.07) is 25.5. The third-order valence-corrected chi connectivity index (χ3v) is 10.9. The Morgan fingerprint density at radius 3 is 2.53 bits per heavy atom. The van der Waals surface area contributed by atoms with E-state index >= 15 is 0 Å². The van der Waals surface area contributed by atoms with Crippen LogP contribution in [-0.2, 0) is 28.4 Å². The number of aromatic nitrogens is 2. The zero-order valence-corrected chi connectivity index (χ0v) is 33.3. The molecule has 0 radical (unpaired) electrons. The Hall–Kier alpha value is -4.11. The summed E-state index contributed by atoms with van der Waals surface area (Å²) in [5.41, 5.74) is 7.68. The molecule has 1 aliphatic heterocycles. The third-order valence-electron chi connectivity index (χ3n) is 9.68. The van der Waals surface area contributed by atoms with Crippen LogP contribution in [0.25, 0.3) is 5.70 Å². The minimum absolute atomic E-state index is 0.0410. The van der Waals surface area contributed by atoms with Gasteiger partial charge in [-0.25, -0.2) is 4.98 Å². The number of rotatable bonds is 19. The van der Waals surface area contributed by atoms with E-state index in [1.807, 2.05) is 30.4 Å². The predicted octanol–water partition coefficient (Wildman–Crippen LogP) is 10.5. The number of imidazole rings is 1. The summed E-state index contributed by atoms with van der Waals surface area (Å²) in [4.78, 5) is 19.4. The molecule has 3 aromatic carbocycles. The van der Waals surface area contributed by atoms with Gasteiger partial charge in [-0.05, 0) is 80.3 Å². The first kappa shape index (κ1) is 40.1. The number of aryl methyl sites for hydroxylation is 2. The van der Waals surface area contributed by atoms with Crippen molar-refractivity contribution >= 4 is 29.1 Å². The van der Waals surface area contributed by atoms with E-state index in [-0.39, 0.29) is 5.91 Å². The number of unbranched alkanes of at least 4 members (excludes halogenated alkanes) is 1. The lowest BCUT2D eigenvalue weighted by Crippen LogP contribution is -2.49. The first-order valence-electron chi connectivity index (χ1n) is 19.5. The molecule has 8 heteroatoms. The Labute approximate surface area is 322 Å². The summed E-state index contributed by atoms with van der Waals surface area (Å²) in [5.74, 6) is 2.13. The quantitative estimate of drug-likeness (QED) is 0.0590. The number of allylic oxidation sites excluding steroid dienone is 2. The van der Waals surface area contributed by atoms with Crippen molar-refractivity contribution < 1.29 is 18.8 Å². The SMILES string of the molecule is CCCCOCCOc1ccc(C2=CC=C(C(=O)Nc3ccc(SCc4cncn4CCC)c(C)c3)CCC[N+]2(Cc2ccccc2)CC(C)C)cc1. The van der Waals surface area contributed by atoms with E-state index in [9.17, 15) is 4.79 Å². The summed E-state index contributed by atoms with van der Waals surface area (Å²) >= 11 is 1.81. The molecule has 53 heavy (non-hydrogen) atoms. The van der Waals surface area contributed by atoms with Crippen molar-refractivity contribution in [3.05, 3.63) is 125 Å². The van der Waals surface area contributed by atoms with Gasteiger partial charge < -0.3 is 19.4 Å². The van der Waals surface area contributed by atoms with Gasteiger partial charge in [-0.15, -0.1) is 11.8 Å². The number of amides is 1. The second-order valence-corrected chi connectivity index (χ2v) is 15.6. The van der Waals surface area contributed by atoms with Gasteiger partial charge in [0.1, 0.15) is 24.6 Å². The Bertz CT molecular complexity index is 1800. The minimum Gasteiger partial charge on any atom is -0.491 e. The zero-order chi connectivity index (χ0) is 37.5. The lowest BCUT2D eigenvalue weighted by Gasteiger charge is -2.42. The van der Waals surface area contributed by atoms with Crippen molar-refractivity contribution in [3.63, 3.8) is 0 Å². The molecule has 7 nitrogen and oxygen atoms in total. The molecule has 282 valence electrons. The Morgan fingerprint density at radius 1 is 0.981 bits per heavy atom. The number of anilines is 1. The van der Waals surface area contributed by atoms with Crippen LogP contribution < -0.4 is 10.1 Å². The van der Waals surface area contributed by atoms with Gasteiger partial charge in [0.05, 0.1) is 26.0 Å². The highest BCUT2D eigenvalue weighted by molar-refractivity contribution is 7.98. The van der Waals surface area contributed by atoms with Crippen molar-refractivity contribution in [2.45, 2.75) is 90.5 Å². The molecule has 2 heterocycles. The molecule has 0 spiro atoms. The number of carbonyl (C=O) groups is 1. The van der Waals surface area contributed by atoms with Crippen LogP contribution in [0.2, 0.25) is 0 Å². The summed E-state index contributed by atoms with van der Waals surface area (Å²) in [5, 5.41) is 3.22. The molecule has 0 saturated heterocycles. The monoisotopic (exact) mass is 735 g/mol. The zero-order valence-electron chi connectivity index (χ0n) is 32.5. The van der Waals surface area contributed by atoms with Gasteiger partial charge >= 0.3 is 0 Å². The standard InChI is InChI=1S/C45H58N4O3S/c1-6-8-26-51-27-28-52-42-20-16-38(17-21-42)43-22-18-39(15-12-25-49(43,31-35(3)4)32-37-13-10-9-11-14-37)45(50)47-40-19-23-44(36(5)29-40)53-33-41-30-46-34-48(41)24-7-2/h9-11,13-14,16-23,29-30,34-35H,6-8,12,15,24-28,31-33H2,1-5H3/p+1. The van der Waals surface area contributed by atoms with Gasteiger partial charge in [0.2, 0.25) is 0 Å². The van der Waals surface area contributed by atoms with Crippen molar-refractivity contribution in [3.8, 4) is 5.75 Å². The van der Waals surface area contributed by atoms with Crippen molar-refractivity contribution in [1.29, 1.82) is 0 Å². The molecule has 0 fully saturated rings. The number of quaternary nitrogens is 1. The van der Waals surface area contributed by atoms with E-state index in [4.69, 9.17) is 9.47 Å². The van der Waals surface area contributed by atoms with E-state index in [1.54, 1.807) is 0 Å². The van der Waals surface area contributed by atoms with Crippen LogP contribution in [0.5, 0.6) is 5.75 Å². The van der Waals surface area contributed by atoms with Gasteiger partial charge in [0, 0.05) is 76.5 Å². The fourth-order valence-corrected chi connectivity index (χ4v) is 8.17. The number of carbonyl (C=O) groups excluding carboxylic acids is 1. The van der Waals surface area contributed by atoms with Crippen LogP contribution in [0.3, 0.4) is 0 Å². The Morgan fingerprint density at radius 2 is 1.79 bits per heavy atom. The molecule has 4 aromatic rings. The first-order chi connectivity index (χ1) is 25.8. The first-order valence-corrected chi connectivity index (χ1v) is 20.4. The number of nitrogens with zero attached hydrogens (tertiary/aromatic N) is 3. The maximum Gasteiger partial charge on any atom is 0.251 e. The molecular weight excluding hydrogens is 677 g/mol. The number of benzene rings is 3. The largest absolute Gasteiger partial charge is 0.491 e. The summed E-state index contributed by atoms with van der Waals surface area (Å²) in [6.07, 6.45) is 13.0. The summed E-state index contributed by atoms with van der Waals surface area (Å²) < 4.78 is 14.8. The highest BCUT2D eigenvalue weighted by atomic mass is 32.2. The summed E-state index contributed by atoms with van der Waals surface area (Å²) in [7, 11) is 0. The van der Waals surface area contributed by atoms with Crippen LogP contribution in [0.1, 0.15) is 82.2 Å². The Kier molecular flexibility index (Phi) is 15.4. The number of nitrogens with one attached hydrogen (secondary N) is 1. The van der Waals surface area contributed by atoms with E-state index in [2.05, 4.69) is 128 Å². The number of ether oxygens (including phenoxy) is 2. The topological polar surface area (TPSA) is 65.4 Å². The molecular formula is C45H59N4O3S+. The number of thioether (sulfide) groups is 1. The molecule has 1 amide bonds. The summed E-state index contributed by atoms with van der Waals surface area (Å²) in [6.45, 7) is 16.8. The smallest absolute Gasteiger partial charge is 0.251 e. The van der Waals surface area contributed by atoms with Crippen molar-refractivity contribution in [2.24, 2.45) is 5.92 Å². The molecule has 0 aliphatic carbocycles. The predicted molar refractivity (Wildman–Crippen MR) is 220 cm³/mol. The van der Waals surface area contributed by atoms with Gasteiger partial charge in [-0.1, -0.05) is 64.4 Å². The highest BCUT2D eigenvalue weighted by Crippen LogP contribution is 2.36. The van der Waals surface area contributed by atoms with Crippen molar-refractivity contribution in [2.75, 3.05) is 38.2 Å². The van der Waals surface area contributed by atoms with E-state index in [0.29, 0.717) is 25.6 Å². The molecule has 1 N–H and O–H groups in total. The van der Waals surface area contributed by atoms with Crippen LogP contribution in [0.15, 0.2) is 108 Å². The normalized spacial score (nSPS) is 16.1. The van der Waals surface area contributed by atoms with Crippen LogP contribution in [-0.4, -0.2) is 52.9 Å². The van der Waals surface area contributed by atoms with Gasteiger partial charge in [0.15, 0.2) is 0 Å². The average molecular weight is 736 g/mol. The fraction of sp³-hybridized carbons (Fsp3) is 0.422. The molecule has 1 unspecified atom stereocenters. The lowest BCUT2D eigenvalue weighted by molar-refractivity contribution is -0.876. The molecule has 0 saturated carbocycles. The Balaban J connectivity index is 1.37. The van der Waals surface area contributed by atoms with Crippen LogP contribution >= 0.6 is 11.8 Å². The van der Waals surface area contributed by atoms with E-state index in [0.717, 1.165) is 96.8 Å². The fourth-order valence-electron chi connectivity index (χ4n) is 7.17. The number of hydrogen-bond acceptors (Lipinski definition) is 5. The lowest BCUT2D eigenvalue weighted by atomic mass is 9.97. The maximum atomic E-state index is 13.9. The van der Waals surface area contributed by atoms with E-state index in [1.165, 1.54) is 21.8 Å². The highest BCUT2D eigenvalue weighted by Gasteiger charge is 2.36. The molecule has 1 aromatic heterocycles. The van der Waals surface area contributed by atoms with E-state index < -0.39 is 0 Å². The number of hydrogen-bond donors (Lipinski definition) is 1. The third kappa shape index (κ3) is 11.7. The maximum absolute atomic E-state index is 13.9. The van der Waals surface area contributed by atoms with Gasteiger partial charge in [0.25, 0.3) is 5.91 Å². The van der Waals surface area contributed by atoms with Crippen molar-refractivity contribution in [1.82, 2.24) is 9.55 Å². The molecule has 0 bridgehead atoms. The van der Waals surface area contributed by atoms with Gasteiger partial charge in [-0.2, -0.15) is 0 Å². The molecule has 1 atom stereocenters. The van der Waals surface area contributed by atoms with Gasteiger partial charge in [-0.3, -0.25) is 9.28 Å². The average Bonchev–Trinajstić information content (AvgIpc) is 3.58. The van der Waals surface area contributed by atoms with Crippen LogP contribution in [0.4, 0.5) is 5.69 Å². The molecule has 5 rings (SSSR count). The molecule has 1 aliphatic rings. The van der Waals surface area contributed by atoms with Crippen LogP contribution in [0, 0.1) is 12.8 Å².